The van der Waals surface area contributed by atoms with Gasteiger partial charge in [0.2, 0.25) is 5.91 Å². The Balaban J connectivity index is 1.26. The number of carbonyl (C=O) groups is 1. The molecule has 2 unspecified atom stereocenters. The van der Waals surface area contributed by atoms with Gasteiger partial charge in [-0.25, -0.2) is 0 Å². The smallest absolute Gasteiger partial charge is 0.234 e. The van der Waals surface area contributed by atoms with Crippen LogP contribution in [0.2, 0.25) is 0 Å². The van der Waals surface area contributed by atoms with Gasteiger partial charge in [0.1, 0.15) is 11.5 Å². The van der Waals surface area contributed by atoms with Crippen molar-refractivity contribution < 1.29 is 14.6 Å². The number of rotatable bonds is 7. The van der Waals surface area contributed by atoms with Gasteiger partial charge in [-0.3, -0.25) is 9.69 Å². The number of piperazine rings is 1. The molecular formula is C31H37N3O3. The van der Waals surface area contributed by atoms with Gasteiger partial charge in [0.15, 0.2) is 0 Å². The Kier molecular flexibility index (Phi) is 7.38. The lowest BCUT2D eigenvalue weighted by Crippen LogP contribution is -2.50. The summed E-state index contributed by atoms with van der Waals surface area (Å²) in [5.74, 6) is 1.41. The van der Waals surface area contributed by atoms with Crippen LogP contribution in [-0.4, -0.2) is 55.7 Å². The minimum atomic E-state index is -0.195. The molecule has 1 saturated heterocycles. The molecule has 1 fully saturated rings. The summed E-state index contributed by atoms with van der Waals surface area (Å²) in [6, 6.07) is 20.4. The number of phenolic OH excluding ortho intramolecular Hbond substituents is 1. The normalized spacial score (nSPS) is 19.5. The van der Waals surface area contributed by atoms with Crippen molar-refractivity contribution in [2.75, 3.05) is 44.7 Å². The highest BCUT2D eigenvalue weighted by Gasteiger charge is 2.37. The molecule has 2 N–H and O–H groups in total. The third kappa shape index (κ3) is 5.44. The van der Waals surface area contributed by atoms with E-state index in [9.17, 15) is 9.90 Å². The second-order valence-electron chi connectivity index (χ2n) is 10.4. The van der Waals surface area contributed by atoms with Crippen molar-refractivity contribution in [3.8, 4) is 11.5 Å². The molecule has 3 aromatic rings. The molecule has 5 rings (SSSR count). The van der Waals surface area contributed by atoms with Crippen molar-refractivity contribution in [2.24, 2.45) is 5.92 Å². The summed E-state index contributed by atoms with van der Waals surface area (Å²) in [7, 11) is 1.69. The fourth-order valence-corrected chi connectivity index (χ4v) is 5.96. The molecule has 1 aliphatic heterocycles. The number of fused-ring (bicyclic) bond motifs is 1. The summed E-state index contributed by atoms with van der Waals surface area (Å²) in [5.41, 5.74) is 6.55. The minimum Gasteiger partial charge on any atom is -0.507 e. The molecule has 1 amide bonds. The lowest BCUT2D eigenvalue weighted by molar-refractivity contribution is -0.123. The monoisotopic (exact) mass is 499 g/mol. The maximum atomic E-state index is 13.3. The molecule has 6 heteroatoms. The Morgan fingerprint density at radius 2 is 1.76 bits per heavy atom. The van der Waals surface area contributed by atoms with Crippen LogP contribution in [0.25, 0.3) is 0 Å². The zero-order valence-electron chi connectivity index (χ0n) is 22.0. The molecule has 2 atom stereocenters. The molecule has 0 aromatic heterocycles. The maximum absolute atomic E-state index is 13.3. The lowest BCUT2D eigenvalue weighted by atomic mass is 9.92. The molecule has 3 aromatic carbocycles. The van der Waals surface area contributed by atoms with E-state index in [1.165, 1.54) is 16.7 Å². The number of nitrogens with zero attached hydrogens (tertiary/aromatic N) is 2. The summed E-state index contributed by atoms with van der Waals surface area (Å²) in [6.07, 6.45) is 1.71. The van der Waals surface area contributed by atoms with Gasteiger partial charge < -0.3 is 20.1 Å². The van der Waals surface area contributed by atoms with Crippen molar-refractivity contribution in [1.29, 1.82) is 0 Å². The van der Waals surface area contributed by atoms with Crippen molar-refractivity contribution in [3.05, 3.63) is 88.5 Å². The first-order valence-electron chi connectivity index (χ1n) is 13.2. The Morgan fingerprint density at radius 3 is 2.49 bits per heavy atom. The van der Waals surface area contributed by atoms with Gasteiger partial charge in [0.05, 0.1) is 19.7 Å². The highest BCUT2D eigenvalue weighted by atomic mass is 16.5. The van der Waals surface area contributed by atoms with Crippen LogP contribution in [0, 0.1) is 19.8 Å². The summed E-state index contributed by atoms with van der Waals surface area (Å²) in [4.78, 5) is 17.9. The van der Waals surface area contributed by atoms with Crippen LogP contribution in [-0.2, 0) is 17.6 Å². The number of hydrogen-bond acceptors (Lipinski definition) is 5. The fourth-order valence-electron chi connectivity index (χ4n) is 5.96. The molecular weight excluding hydrogens is 462 g/mol. The Hall–Kier alpha value is -3.51. The molecule has 0 saturated carbocycles. The molecule has 6 nitrogen and oxygen atoms in total. The van der Waals surface area contributed by atoms with Gasteiger partial charge in [0.25, 0.3) is 0 Å². The van der Waals surface area contributed by atoms with E-state index in [2.05, 4.69) is 64.5 Å². The number of aryl methyl sites for hydroxylation is 2. The van der Waals surface area contributed by atoms with Crippen molar-refractivity contribution in [2.45, 2.75) is 32.7 Å². The Morgan fingerprint density at radius 1 is 1.00 bits per heavy atom. The van der Waals surface area contributed by atoms with E-state index in [0.29, 0.717) is 12.3 Å². The number of phenols is 1. The standard InChI is InChI=1S/C31H37N3O3/c1-21-16-22(2)31(36)29-27(21)18-24(17-23-8-5-4-6-9-23)30(29)32-28(35)20-33-12-14-34(15-13-33)25-10-7-11-26(19-25)37-3/h4-11,16,19,24,30,36H,12-15,17-18,20H2,1-3H3,(H,32,35). The number of carbonyl (C=O) groups excluding carboxylic acids is 1. The first kappa shape index (κ1) is 25.2. The van der Waals surface area contributed by atoms with Gasteiger partial charge in [-0.2, -0.15) is 0 Å². The molecule has 1 heterocycles. The Labute approximate surface area is 219 Å². The zero-order chi connectivity index (χ0) is 25.9. The quantitative estimate of drug-likeness (QED) is 0.504. The number of nitrogens with one attached hydrogen (secondary N) is 1. The van der Waals surface area contributed by atoms with Gasteiger partial charge in [-0.05, 0) is 67.0 Å². The van der Waals surface area contributed by atoms with E-state index in [0.717, 1.165) is 61.6 Å². The SMILES string of the molecule is COc1cccc(N2CCN(CC(=O)NC3c4c(O)c(C)cc(C)c4CC3Cc3ccccc3)CC2)c1. The third-order valence-electron chi connectivity index (χ3n) is 7.93. The van der Waals surface area contributed by atoms with Crippen LogP contribution in [0.5, 0.6) is 11.5 Å². The largest absolute Gasteiger partial charge is 0.507 e. The predicted molar refractivity (Wildman–Crippen MR) is 147 cm³/mol. The maximum Gasteiger partial charge on any atom is 0.234 e. The third-order valence-corrected chi connectivity index (χ3v) is 7.93. The van der Waals surface area contributed by atoms with E-state index < -0.39 is 0 Å². The molecule has 0 bridgehead atoms. The highest BCUT2D eigenvalue weighted by molar-refractivity contribution is 5.79. The fraction of sp³-hybridized carbons (Fsp3) is 0.387. The number of amides is 1. The van der Waals surface area contributed by atoms with E-state index in [1.54, 1.807) is 7.11 Å². The van der Waals surface area contributed by atoms with Crippen LogP contribution in [0.4, 0.5) is 5.69 Å². The Bertz CT molecular complexity index is 1250. The molecule has 2 aliphatic rings. The average Bonchev–Trinajstić information content (AvgIpc) is 3.26. The summed E-state index contributed by atoms with van der Waals surface area (Å²) >= 11 is 0. The number of aromatic hydroxyl groups is 1. The number of methoxy groups -OCH3 is 1. The first-order valence-corrected chi connectivity index (χ1v) is 13.2. The van der Waals surface area contributed by atoms with Gasteiger partial charge in [-0.15, -0.1) is 0 Å². The van der Waals surface area contributed by atoms with E-state index in [-0.39, 0.29) is 17.9 Å². The van der Waals surface area contributed by atoms with Crippen LogP contribution >= 0.6 is 0 Å². The molecule has 1 aliphatic carbocycles. The summed E-state index contributed by atoms with van der Waals surface area (Å²) < 4.78 is 5.37. The number of hydrogen-bond donors (Lipinski definition) is 2. The van der Waals surface area contributed by atoms with Gasteiger partial charge in [-0.1, -0.05) is 42.5 Å². The van der Waals surface area contributed by atoms with E-state index in [4.69, 9.17) is 4.74 Å². The number of ether oxygens (including phenoxy) is 1. The predicted octanol–water partition coefficient (Wildman–Crippen LogP) is 4.41. The van der Waals surface area contributed by atoms with E-state index >= 15 is 0 Å². The van der Waals surface area contributed by atoms with Gasteiger partial charge >= 0.3 is 0 Å². The molecule has 0 spiro atoms. The second-order valence-corrected chi connectivity index (χ2v) is 10.4. The van der Waals surface area contributed by atoms with Crippen LogP contribution < -0.4 is 15.0 Å². The topological polar surface area (TPSA) is 65.0 Å². The van der Waals surface area contributed by atoms with E-state index in [1.807, 2.05) is 25.1 Å². The van der Waals surface area contributed by atoms with Crippen molar-refractivity contribution in [3.63, 3.8) is 0 Å². The number of benzene rings is 3. The first-order chi connectivity index (χ1) is 17.9. The molecule has 194 valence electrons. The lowest BCUT2D eigenvalue weighted by Gasteiger charge is -2.36. The number of anilines is 1. The summed E-state index contributed by atoms with van der Waals surface area (Å²) in [6.45, 7) is 7.78. The van der Waals surface area contributed by atoms with Crippen LogP contribution in [0.15, 0.2) is 60.7 Å². The highest BCUT2D eigenvalue weighted by Crippen LogP contribution is 2.45. The zero-order valence-corrected chi connectivity index (χ0v) is 22.0. The van der Waals surface area contributed by atoms with Gasteiger partial charge in [0, 0.05) is 43.5 Å². The molecule has 0 radical (unpaired) electrons. The average molecular weight is 500 g/mol. The summed E-state index contributed by atoms with van der Waals surface area (Å²) in [5, 5.41) is 14.4. The van der Waals surface area contributed by atoms with Crippen molar-refractivity contribution in [1.82, 2.24) is 10.2 Å². The van der Waals surface area contributed by atoms with Crippen LogP contribution in [0.3, 0.4) is 0 Å². The molecule has 37 heavy (non-hydrogen) atoms. The minimum absolute atomic E-state index is 0.0179. The van der Waals surface area contributed by atoms with Crippen LogP contribution in [0.1, 0.15) is 33.9 Å². The van der Waals surface area contributed by atoms with Crippen molar-refractivity contribution >= 4 is 11.6 Å². The second kappa shape index (κ2) is 10.9.